The number of hydrogen-bond acceptors (Lipinski definition) is 2. The van der Waals surface area contributed by atoms with Gasteiger partial charge in [0.15, 0.2) is 0 Å². The summed E-state index contributed by atoms with van der Waals surface area (Å²) in [5.74, 6) is 0. The van der Waals surface area contributed by atoms with Gasteiger partial charge in [0.2, 0.25) is 0 Å². The van der Waals surface area contributed by atoms with Gasteiger partial charge in [-0.05, 0) is 25.0 Å². The van der Waals surface area contributed by atoms with Crippen molar-refractivity contribution in [3.8, 4) is 0 Å². The molecule has 1 atom stereocenters. The number of pyridine rings is 1. The second kappa shape index (κ2) is 9.09. The van der Waals surface area contributed by atoms with E-state index in [0.717, 1.165) is 24.1 Å². The van der Waals surface area contributed by atoms with Crippen molar-refractivity contribution in [1.82, 2.24) is 4.98 Å². The highest BCUT2D eigenvalue weighted by Crippen LogP contribution is 2.21. The van der Waals surface area contributed by atoms with Gasteiger partial charge in [0, 0.05) is 6.20 Å². The number of hydrogen-bond donors (Lipinski definition) is 1. The van der Waals surface area contributed by atoms with Gasteiger partial charge in [-0.1, -0.05) is 57.9 Å². The third-order valence-electron chi connectivity index (χ3n) is 3.45. The Morgan fingerprint density at radius 3 is 2.44 bits per heavy atom. The topological polar surface area (TPSA) is 33.1 Å². The molecule has 0 bridgehead atoms. The number of nitrogens with zero attached hydrogens (tertiary/aromatic N) is 1. The first-order chi connectivity index (χ1) is 8.75. The van der Waals surface area contributed by atoms with Crippen LogP contribution in [0.5, 0.6) is 0 Å². The Morgan fingerprint density at radius 1 is 1.11 bits per heavy atom. The van der Waals surface area contributed by atoms with Crippen molar-refractivity contribution >= 4 is 0 Å². The number of aromatic nitrogens is 1. The summed E-state index contributed by atoms with van der Waals surface area (Å²) < 4.78 is 0. The second-order valence-corrected chi connectivity index (χ2v) is 5.13. The molecule has 1 rings (SSSR count). The molecule has 0 radical (unpaired) electrons. The molecule has 1 aromatic heterocycles. The molecule has 0 aliphatic rings. The molecule has 0 spiro atoms. The second-order valence-electron chi connectivity index (χ2n) is 5.13. The zero-order valence-electron chi connectivity index (χ0n) is 11.9. The molecule has 0 fully saturated rings. The summed E-state index contributed by atoms with van der Waals surface area (Å²) in [6.07, 6.45) is 11.2. The Bertz CT molecular complexity index is 325. The first-order valence-electron chi connectivity index (χ1n) is 7.35. The van der Waals surface area contributed by atoms with Gasteiger partial charge in [0.25, 0.3) is 0 Å². The highest BCUT2D eigenvalue weighted by molar-refractivity contribution is 5.19. The molecule has 0 amide bonds. The lowest BCUT2D eigenvalue weighted by molar-refractivity contribution is 0.158. The van der Waals surface area contributed by atoms with E-state index in [0.29, 0.717) is 0 Å². The van der Waals surface area contributed by atoms with Crippen LogP contribution < -0.4 is 0 Å². The van der Waals surface area contributed by atoms with Gasteiger partial charge in [-0.2, -0.15) is 0 Å². The SMILES string of the molecule is CCCCCCCCCC(O)c1ncccc1C. The number of unbranched alkanes of at least 4 members (excludes halogenated alkanes) is 6. The molecule has 102 valence electrons. The van der Waals surface area contributed by atoms with Gasteiger partial charge in [0.1, 0.15) is 0 Å². The van der Waals surface area contributed by atoms with E-state index in [4.69, 9.17) is 0 Å². The zero-order valence-corrected chi connectivity index (χ0v) is 11.9. The summed E-state index contributed by atoms with van der Waals surface area (Å²) in [5.41, 5.74) is 1.94. The third-order valence-corrected chi connectivity index (χ3v) is 3.45. The van der Waals surface area contributed by atoms with Gasteiger partial charge >= 0.3 is 0 Å². The van der Waals surface area contributed by atoms with Gasteiger partial charge in [-0.3, -0.25) is 4.98 Å². The van der Waals surface area contributed by atoms with E-state index in [2.05, 4.69) is 11.9 Å². The summed E-state index contributed by atoms with van der Waals surface area (Å²) in [6.45, 7) is 4.25. The van der Waals surface area contributed by atoms with Crippen molar-refractivity contribution in [2.75, 3.05) is 0 Å². The smallest absolute Gasteiger partial charge is 0.0962 e. The maximum atomic E-state index is 10.1. The Kier molecular flexibility index (Phi) is 7.66. The number of rotatable bonds is 9. The van der Waals surface area contributed by atoms with Gasteiger partial charge in [-0.15, -0.1) is 0 Å². The van der Waals surface area contributed by atoms with Gasteiger partial charge < -0.3 is 5.11 Å². The van der Waals surface area contributed by atoms with E-state index < -0.39 is 0 Å². The minimum absolute atomic E-state index is 0.387. The normalized spacial score (nSPS) is 12.6. The van der Waals surface area contributed by atoms with E-state index in [1.807, 2.05) is 19.1 Å². The lowest BCUT2D eigenvalue weighted by Gasteiger charge is -2.12. The summed E-state index contributed by atoms with van der Waals surface area (Å²) in [7, 11) is 0. The van der Waals surface area contributed by atoms with Crippen LogP contribution in [0.1, 0.15) is 75.7 Å². The highest BCUT2D eigenvalue weighted by Gasteiger charge is 2.10. The van der Waals surface area contributed by atoms with Gasteiger partial charge in [-0.25, -0.2) is 0 Å². The largest absolute Gasteiger partial charge is 0.387 e. The van der Waals surface area contributed by atoms with Crippen molar-refractivity contribution in [3.63, 3.8) is 0 Å². The van der Waals surface area contributed by atoms with Crippen LogP contribution in [0, 0.1) is 6.92 Å². The average molecular weight is 249 g/mol. The van der Waals surface area contributed by atoms with E-state index in [1.165, 1.54) is 38.5 Å². The first-order valence-corrected chi connectivity index (χ1v) is 7.35. The fourth-order valence-corrected chi connectivity index (χ4v) is 2.28. The molecule has 1 heterocycles. The third kappa shape index (κ3) is 5.63. The van der Waals surface area contributed by atoms with Crippen LogP contribution in [0.25, 0.3) is 0 Å². The molecule has 0 aliphatic heterocycles. The van der Waals surface area contributed by atoms with Crippen LogP contribution in [-0.4, -0.2) is 10.1 Å². The first kappa shape index (κ1) is 15.2. The Hall–Kier alpha value is -0.890. The number of aliphatic hydroxyl groups excluding tert-OH is 1. The van der Waals surface area contributed by atoms with Crippen molar-refractivity contribution < 1.29 is 5.11 Å². The van der Waals surface area contributed by atoms with Crippen molar-refractivity contribution in [2.45, 2.75) is 71.3 Å². The maximum Gasteiger partial charge on any atom is 0.0962 e. The van der Waals surface area contributed by atoms with E-state index >= 15 is 0 Å². The van der Waals surface area contributed by atoms with Crippen molar-refractivity contribution in [2.24, 2.45) is 0 Å². The predicted molar refractivity (Wildman–Crippen MR) is 76.5 cm³/mol. The average Bonchev–Trinajstić information content (AvgIpc) is 2.38. The number of aryl methyl sites for hydroxylation is 1. The summed E-state index contributed by atoms with van der Waals surface area (Å²) in [4.78, 5) is 4.27. The molecule has 2 nitrogen and oxygen atoms in total. The van der Waals surface area contributed by atoms with Crippen LogP contribution in [0.3, 0.4) is 0 Å². The zero-order chi connectivity index (χ0) is 13.2. The molecule has 1 aromatic rings. The molecule has 0 saturated carbocycles. The van der Waals surface area contributed by atoms with Crippen molar-refractivity contribution in [1.29, 1.82) is 0 Å². The van der Waals surface area contributed by atoms with Crippen LogP contribution in [0.2, 0.25) is 0 Å². The molecular weight excluding hydrogens is 222 g/mol. The lowest BCUT2D eigenvalue weighted by atomic mass is 10.0. The minimum atomic E-state index is -0.387. The quantitative estimate of drug-likeness (QED) is 0.651. The fourth-order valence-electron chi connectivity index (χ4n) is 2.28. The van der Waals surface area contributed by atoms with Crippen molar-refractivity contribution in [3.05, 3.63) is 29.6 Å². The molecular formula is C16H27NO. The fraction of sp³-hybridized carbons (Fsp3) is 0.688. The van der Waals surface area contributed by atoms with Crippen LogP contribution in [-0.2, 0) is 0 Å². The summed E-state index contributed by atoms with van der Waals surface area (Å²) in [6, 6.07) is 3.93. The van der Waals surface area contributed by atoms with Gasteiger partial charge in [0.05, 0.1) is 11.8 Å². The Balaban J connectivity index is 2.14. The number of aliphatic hydroxyl groups is 1. The minimum Gasteiger partial charge on any atom is -0.387 e. The Labute approximate surface area is 111 Å². The molecule has 0 aromatic carbocycles. The summed E-state index contributed by atoms with van der Waals surface area (Å²) in [5, 5.41) is 10.1. The molecule has 18 heavy (non-hydrogen) atoms. The van der Waals surface area contributed by atoms with E-state index in [-0.39, 0.29) is 6.10 Å². The predicted octanol–water partition coefficient (Wildman–Crippen LogP) is 4.56. The lowest BCUT2D eigenvalue weighted by Crippen LogP contribution is -2.02. The van der Waals surface area contributed by atoms with Crippen LogP contribution >= 0.6 is 0 Å². The summed E-state index contributed by atoms with van der Waals surface area (Å²) >= 11 is 0. The highest BCUT2D eigenvalue weighted by atomic mass is 16.3. The molecule has 0 aliphatic carbocycles. The molecule has 1 N–H and O–H groups in total. The maximum absolute atomic E-state index is 10.1. The molecule has 0 saturated heterocycles. The molecule has 1 unspecified atom stereocenters. The van der Waals surface area contributed by atoms with Crippen LogP contribution in [0.4, 0.5) is 0 Å². The van der Waals surface area contributed by atoms with E-state index in [1.54, 1.807) is 6.20 Å². The standard InChI is InChI=1S/C16H27NO/c1-3-4-5-6-7-8-9-12-15(18)16-14(2)11-10-13-17-16/h10-11,13,15,18H,3-9,12H2,1-2H3. The monoisotopic (exact) mass is 249 g/mol. The van der Waals surface area contributed by atoms with Crippen LogP contribution in [0.15, 0.2) is 18.3 Å². The Morgan fingerprint density at radius 2 is 1.78 bits per heavy atom. The van der Waals surface area contributed by atoms with E-state index in [9.17, 15) is 5.11 Å². The molecule has 2 heteroatoms.